The van der Waals surface area contributed by atoms with Crippen molar-refractivity contribution in [2.75, 3.05) is 13.2 Å². The van der Waals surface area contributed by atoms with Crippen molar-refractivity contribution in [1.82, 2.24) is 0 Å². The minimum absolute atomic E-state index is 0.0354. The van der Waals surface area contributed by atoms with Crippen LogP contribution in [0.1, 0.15) is 25.7 Å². The molecule has 0 atom stereocenters. The van der Waals surface area contributed by atoms with Gasteiger partial charge in [0.05, 0.1) is 0 Å². The zero-order valence-corrected chi connectivity index (χ0v) is 7.85. The number of hydrogen-bond acceptors (Lipinski definition) is 4. The maximum atomic E-state index is 9.65. The zero-order chi connectivity index (χ0) is 11.4. The molecule has 0 unspecified atom stereocenters. The highest BCUT2D eigenvalue weighted by Crippen LogP contribution is 1.84. The summed E-state index contributed by atoms with van der Waals surface area (Å²) in [6.07, 6.45) is 0.845. The van der Waals surface area contributed by atoms with Gasteiger partial charge in [-0.2, -0.15) is 0 Å². The molecule has 6 nitrogen and oxygen atoms in total. The van der Waals surface area contributed by atoms with Gasteiger partial charge in [0.15, 0.2) is 0 Å². The maximum Gasteiger partial charge on any atom is 0.303 e. The molecular weight excluding hydrogens is 192 g/mol. The lowest BCUT2D eigenvalue weighted by Gasteiger charge is -1.85. The summed E-state index contributed by atoms with van der Waals surface area (Å²) in [6.45, 7) is -0.0708. The van der Waals surface area contributed by atoms with E-state index >= 15 is 0 Å². The summed E-state index contributed by atoms with van der Waals surface area (Å²) in [5.41, 5.74) is 0. The van der Waals surface area contributed by atoms with E-state index in [-0.39, 0.29) is 26.1 Å². The number of aliphatic carboxylic acids is 2. The molecule has 6 heteroatoms. The molecule has 0 aromatic rings. The molecule has 0 aliphatic carbocycles. The first-order valence-electron chi connectivity index (χ1n) is 4.20. The Morgan fingerprint density at radius 1 is 0.786 bits per heavy atom. The number of aliphatic hydroxyl groups is 2. The topological polar surface area (TPSA) is 115 Å². The molecule has 4 N–H and O–H groups in total. The van der Waals surface area contributed by atoms with E-state index < -0.39 is 11.9 Å². The Labute approximate surface area is 81.8 Å². The minimum Gasteiger partial charge on any atom is -0.481 e. The predicted molar refractivity (Wildman–Crippen MR) is 47.9 cm³/mol. The summed E-state index contributed by atoms with van der Waals surface area (Å²) >= 11 is 0. The van der Waals surface area contributed by atoms with E-state index in [9.17, 15) is 9.59 Å². The Balaban J connectivity index is 0. The van der Waals surface area contributed by atoms with Crippen molar-refractivity contribution in [2.24, 2.45) is 0 Å². The number of carboxylic acid groups (broad SMARTS) is 2. The first kappa shape index (κ1) is 15.3. The summed E-state index contributed by atoms with van der Waals surface area (Å²) in [6, 6.07) is 0. The quantitative estimate of drug-likeness (QED) is 0.476. The molecule has 84 valence electrons. The average molecular weight is 208 g/mol. The lowest BCUT2D eigenvalue weighted by atomic mass is 10.3. The molecule has 0 radical (unpaired) electrons. The average Bonchev–Trinajstić information content (AvgIpc) is 2.12. The molecule has 0 bridgehead atoms. The van der Waals surface area contributed by atoms with Crippen molar-refractivity contribution in [3.63, 3.8) is 0 Å². The van der Waals surface area contributed by atoms with Crippen molar-refractivity contribution < 1.29 is 30.0 Å². The second kappa shape index (κ2) is 11.9. The van der Waals surface area contributed by atoms with Gasteiger partial charge in [-0.3, -0.25) is 9.59 Å². The van der Waals surface area contributed by atoms with E-state index in [1.807, 2.05) is 0 Å². The third-order valence-electron chi connectivity index (χ3n) is 1.10. The molecule has 0 aliphatic rings. The van der Waals surface area contributed by atoms with Gasteiger partial charge in [0.2, 0.25) is 0 Å². The Hall–Kier alpha value is -1.14. The highest BCUT2D eigenvalue weighted by molar-refractivity contribution is 5.66. The molecule has 0 amide bonds. The zero-order valence-electron chi connectivity index (χ0n) is 7.85. The first-order valence-corrected chi connectivity index (χ1v) is 4.20. The molecule has 0 heterocycles. The molecule has 0 fully saturated rings. The molecule has 0 saturated carbocycles. The highest BCUT2D eigenvalue weighted by atomic mass is 16.4. The molecule has 0 rings (SSSR count). The number of aliphatic hydroxyl groups excluding tert-OH is 2. The van der Waals surface area contributed by atoms with Crippen LogP contribution in [0.4, 0.5) is 0 Å². The van der Waals surface area contributed by atoms with Crippen molar-refractivity contribution in [1.29, 1.82) is 0 Å². The van der Waals surface area contributed by atoms with Gasteiger partial charge in [0.1, 0.15) is 0 Å². The maximum absolute atomic E-state index is 9.65. The van der Waals surface area contributed by atoms with Crippen molar-refractivity contribution in [3.8, 4) is 0 Å². The van der Waals surface area contributed by atoms with Gasteiger partial charge in [0, 0.05) is 26.1 Å². The fourth-order valence-corrected chi connectivity index (χ4v) is 0.461. The second-order valence-electron chi connectivity index (χ2n) is 2.44. The van der Waals surface area contributed by atoms with Gasteiger partial charge in [-0.1, -0.05) is 0 Å². The van der Waals surface area contributed by atoms with Gasteiger partial charge in [-0.25, -0.2) is 0 Å². The van der Waals surface area contributed by atoms with Crippen LogP contribution in [0.2, 0.25) is 0 Å². The van der Waals surface area contributed by atoms with E-state index in [2.05, 4.69) is 0 Å². The smallest absolute Gasteiger partial charge is 0.303 e. The fourth-order valence-electron chi connectivity index (χ4n) is 0.461. The Morgan fingerprint density at radius 2 is 1.07 bits per heavy atom. The van der Waals surface area contributed by atoms with Gasteiger partial charge in [-0.15, -0.1) is 0 Å². The lowest BCUT2D eigenvalue weighted by molar-refractivity contribution is -0.138. The van der Waals surface area contributed by atoms with Crippen molar-refractivity contribution in [2.45, 2.75) is 25.7 Å². The number of rotatable bonds is 6. The SMILES string of the molecule is O=C(O)CCCO.O=C(O)CCCO. The highest BCUT2D eigenvalue weighted by Gasteiger charge is 1.92. The van der Waals surface area contributed by atoms with Crippen LogP contribution in [0, 0.1) is 0 Å². The number of hydrogen-bond donors (Lipinski definition) is 4. The van der Waals surface area contributed by atoms with Gasteiger partial charge < -0.3 is 20.4 Å². The van der Waals surface area contributed by atoms with E-state index in [4.69, 9.17) is 20.4 Å². The minimum atomic E-state index is -0.853. The monoisotopic (exact) mass is 208 g/mol. The molecule has 0 spiro atoms. The molecule has 0 saturated heterocycles. The van der Waals surface area contributed by atoms with E-state index in [0.717, 1.165) is 0 Å². The molecule has 14 heavy (non-hydrogen) atoms. The third-order valence-corrected chi connectivity index (χ3v) is 1.10. The third kappa shape index (κ3) is 22.4. The van der Waals surface area contributed by atoms with Gasteiger partial charge in [-0.05, 0) is 12.8 Å². The summed E-state index contributed by atoms with van der Waals surface area (Å²) in [5.74, 6) is -1.71. The number of carboxylic acids is 2. The van der Waals surface area contributed by atoms with Gasteiger partial charge in [0.25, 0.3) is 0 Å². The molecular formula is C8H16O6. The van der Waals surface area contributed by atoms with Crippen LogP contribution in [-0.4, -0.2) is 45.6 Å². The molecule has 0 aromatic carbocycles. The summed E-state index contributed by atoms with van der Waals surface area (Å²) in [5, 5.41) is 32.0. The van der Waals surface area contributed by atoms with Crippen LogP contribution in [0.3, 0.4) is 0 Å². The van der Waals surface area contributed by atoms with Crippen LogP contribution in [0.5, 0.6) is 0 Å². The Kier molecular flexibility index (Phi) is 13.0. The standard InChI is InChI=1S/2C4H8O3/c2*5-3-1-2-4(6)7/h2*5H,1-3H2,(H,6,7). The van der Waals surface area contributed by atoms with Crippen molar-refractivity contribution in [3.05, 3.63) is 0 Å². The summed E-state index contributed by atoms with van der Waals surface area (Å²) in [4.78, 5) is 19.3. The van der Waals surface area contributed by atoms with Gasteiger partial charge >= 0.3 is 11.9 Å². The van der Waals surface area contributed by atoms with E-state index in [1.165, 1.54) is 0 Å². The number of carbonyl (C=O) groups is 2. The Bertz CT molecular complexity index is 138. The largest absolute Gasteiger partial charge is 0.481 e. The van der Waals surface area contributed by atoms with Crippen molar-refractivity contribution >= 4 is 11.9 Å². The van der Waals surface area contributed by atoms with Crippen LogP contribution in [-0.2, 0) is 9.59 Å². The summed E-state index contributed by atoms with van der Waals surface area (Å²) < 4.78 is 0. The second-order valence-corrected chi connectivity index (χ2v) is 2.44. The fraction of sp³-hybridized carbons (Fsp3) is 0.750. The predicted octanol–water partition coefficient (Wildman–Crippen LogP) is -0.313. The normalized spacial score (nSPS) is 8.71. The van der Waals surface area contributed by atoms with Crippen LogP contribution in [0.15, 0.2) is 0 Å². The molecule has 0 aromatic heterocycles. The van der Waals surface area contributed by atoms with E-state index in [1.54, 1.807) is 0 Å². The van der Waals surface area contributed by atoms with Crippen LogP contribution < -0.4 is 0 Å². The Morgan fingerprint density at radius 3 is 1.14 bits per heavy atom. The van der Waals surface area contributed by atoms with Crippen LogP contribution in [0.25, 0.3) is 0 Å². The lowest BCUT2D eigenvalue weighted by Crippen LogP contribution is -1.95. The van der Waals surface area contributed by atoms with Crippen LogP contribution >= 0.6 is 0 Å². The first-order chi connectivity index (χ1) is 6.54. The summed E-state index contributed by atoms with van der Waals surface area (Å²) in [7, 11) is 0. The molecule has 0 aliphatic heterocycles. The van der Waals surface area contributed by atoms with E-state index in [0.29, 0.717) is 12.8 Å².